The number of halogens is 3. The molecule has 0 bridgehead atoms. The lowest BCUT2D eigenvalue weighted by Gasteiger charge is -2.15. The first-order chi connectivity index (χ1) is 10.4. The molecule has 0 saturated heterocycles. The van der Waals surface area contributed by atoms with Crippen LogP contribution in [0.4, 0.5) is 13.2 Å². The first-order valence-corrected chi connectivity index (χ1v) is 6.89. The Bertz CT molecular complexity index is 675. The van der Waals surface area contributed by atoms with Crippen molar-refractivity contribution in [2.75, 3.05) is 7.05 Å². The third-order valence-electron chi connectivity index (χ3n) is 3.48. The number of rotatable bonds is 3. The minimum atomic E-state index is -4.42. The van der Waals surface area contributed by atoms with E-state index in [0.717, 1.165) is 0 Å². The van der Waals surface area contributed by atoms with E-state index in [0.29, 0.717) is 23.1 Å². The summed E-state index contributed by atoms with van der Waals surface area (Å²) in [4.78, 5) is 11.5. The Labute approximate surface area is 127 Å². The minimum absolute atomic E-state index is 0.119. The van der Waals surface area contributed by atoms with Crippen LogP contribution < -0.4 is 5.32 Å². The SMILES string of the molecule is CCc1ccc(-c2ccc(C(=O)NC)cc2)c(C(F)(F)F)c1. The molecule has 0 radical (unpaired) electrons. The average Bonchev–Trinajstić information content (AvgIpc) is 2.53. The van der Waals surface area contributed by atoms with Gasteiger partial charge in [0, 0.05) is 12.6 Å². The summed E-state index contributed by atoms with van der Waals surface area (Å²) in [5.74, 6) is -0.274. The van der Waals surface area contributed by atoms with Gasteiger partial charge in [0.25, 0.3) is 5.91 Å². The van der Waals surface area contributed by atoms with E-state index in [1.54, 1.807) is 6.07 Å². The lowest BCUT2D eigenvalue weighted by Crippen LogP contribution is -2.17. The van der Waals surface area contributed by atoms with Crippen LogP contribution in [0, 0.1) is 0 Å². The number of benzene rings is 2. The smallest absolute Gasteiger partial charge is 0.355 e. The van der Waals surface area contributed by atoms with Crippen LogP contribution >= 0.6 is 0 Å². The van der Waals surface area contributed by atoms with Crippen LogP contribution in [-0.2, 0) is 12.6 Å². The molecule has 1 amide bonds. The molecule has 1 N–H and O–H groups in total. The second-order valence-electron chi connectivity index (χ2n) is 4.89. The maximum Gasteiger partial charge on any atom is 0.417 e. The molecule has 0 spiro atoms. The maximum absolute atomic E-state index is 13.2. The summed E-state index contributed by atoms with van der Waals surface area (Å²) >= 11 is 0. The fraction of sp³-hybridized carbons (Fsp3) is 0.235. The highest BCUT2D eigenvalue weighted by atomic mass is 19.4. The van der Waals surface area contributed by atoms with Crippen molar-refractivity contribution < 1.29 is 18.0 Å². The Morgan fingerprint density at radius 1 is 1.09 bits per heavy atom. The fourth-order valence-corrected chi connectivity index (χ4v) is 2.24. The van der Waals surface area contributed by atoms with Gasteiger partial charge >= 0.3 is 6.18 Å². The fourth-order valence-electron chi connectivity index (χ4n) is 2.24. The number of aryl methyl sites for hydroxylation is 1. The van der Waals surface area contributed by atoms with Crippen molar-refractivity contribution in [3.63, 3.8) is 0 Å². The number of alkyl halides is 3. The molecule has 0 aromatic heterocycles. The molecule has 116 valence electrons. The van der Waals surface area contributed by atoms with E-state index in [9.17, 15) is 18.0 Å². The van der Waals surface area contributed by atoms with Crippen LogP contribution in [0.25, 0.3) is 11.1 Å². The monoisotopic (exact) mass is 307 g/mol. The Kier molecular flexibility index (Phi) is 4.54. The predicted octanol–water partition coefficient (Wildman–Crippen LogP) is 4.29. The summed E-state index contributed by atoms with van der Waals surface area (Å²) < 4.78 is 39.7. The van der Waals surface area contributed by atoms with Crippen LogP contribution in [-0.4, -0.2) is 13.0 Å². The number of carbonyl (C=O) groups excluding carboxylic acids is 1. The highest BCUT2D eigenvalue weighted by Crippen LogP contribution is 2.37. The van der Waals surface area contributed by atoms with Crippen molar-refractivity contribution >= 4 is 5.91 Å². The van der Waals surface area contributed by atoms with Crippen molar-refractivity contribution in [2.24, 2.45) is 0 Å². The topological polar surface area (TPSA) is 29.1 Å². The van der Waals surface area contributed by atoms with Gasteiger partial charge in [-0.2, -0.15) is 13.2 Å². The Balaban J connectivity index is 2.50. The van der Waals surface area contributed by atoms with Crippen molar-refractivity contribution in [3.8, 4) is 11.1 Å². The first-order valence-electron chi connectivity index (χ1n) is 6.89. The van der Waals surface area contributed by atoms with Crippen LogP contribution in [0.5, 0.6) is 0 Å². The standard InChI is InChI=1S/C17H16F3NO/c1-3-11-4-9-14(15(10-11)17(18,19)20)12-5-7-13(8-6-12)16(22)21-2/h4-10H,3H2,1-2H3,(H,21,22). The molecule has 0 atom stereocenters. The Morgan fingerprint density at radius 3 is 2.23 bits per heavy atom. The number of carbonyl (C=O) groups is 1. The molecule has 0 unspecified atom stereocenters. The average molecular weight is 307 g/mol. The second kappa shape index (κ2) is 6.22. The highest BCUT2D eigenvalue weighted by molar-refractivity contribution is 5.94. The van der Waals surface area contributed by atoms with Crippen molar-refractivity contribution in [1.29, 1.82) is 0 Å². The van der Waals surface area contributed by atoms with Crippen molar-refractivity contribution in [2.45, 2.75) is 19.5 Å². The Hall–Kier alpha value is -2.30. The van der Waals surface area contributed by atoms with Crippen molar-refractivity contribution in [1.82, 2.24) is 5.32 Å². The molecule has 0 fully saturated rings. The van der Waals surface area contributed by atoms with Crippen LogP contribution in [0.1, 0.15) is 28.4 Å². The van der Waals surface area contributed by atoms with Gasteiger partial charge in [0.2, 0.25) is 0 Å². The molecule has 22 heavy (non-hydrogen) atoms. The molecule has 5 heteroatoms. The Morgan fingerprint density at radius 2 is 1.73 bits per heavy atom. The van der Waals surface area contributed by atoms with E-state index >= 15 is 0 Å². The lowest BCUT2D eigenvalue weighted by atomic mass is 9.95. The first kappa shape index (κ1) is 16.1. The zero-order valence-electron chi connectivity index (χ0n) is 12.3. The molecule has 2 nitrogen and oxygen atoms in total. The van der Waals surface area contributed by atoms with E-state index in [2.05, 4.69) is 5.32 Å². The number of amides is 1. The summed E-state index contributed by atoms with van der Waals surface area (Å²) in [5.41, 5.74) is 0.943. The summed E-state index contributed by atoms with van der Waals surface area (Å²) in [6.45, 7) is 1.81. The zero-order valence-corrected chi connectivity index (χ0v) is 12.3. The molecular weight excluding hydrogens is 291 g/mol. The number of nitrogens with one attached hydrogen (secondary N) is 1. The number of hydrogen-bond acceptors (Lipinski definition) is 1. The van der Waals surface area contributed by atoms with E-state index < -0.39 is 11.7 Å². The van der Waals surface area contributed by atoms with Gasteiger partial charge in [-0.3, -0.25) is 4.79 Å². The summed E-state index contributed by atoms with van der Waals surface area (Å²) in [5, 5.41) is 2.47. The maximum atomic E-state index is 13.2. The van der Waals surface area contributed by atoms with Gasteiger partial charge in [0.15, 0.2) is 0 Å². The third kappa shape index (κ3) is 3.30. The normalized spacial score (nSPS) is 11.3. The summed E-state index contributed by atoms with van der Waals surface area (Å²) in [7, 11) is 1.50. The lowest BCUT2D eigenvalue weighted by molar-refractivity contribution is -0.137. The zero-order chi connectivity index (χ0) is 16.3. The van der Waals surface area contributed by atoms with Gasteiger partial charge in [-0.1, -0.05) is 31.2 Å². The van der Waals surface area contributed by atoms with Gasteiger partial charge in [0.05, 0.1) is 5.56 Å². The molecule has 0 saturated carbocycles. The van der Waals surface area contributed by atoms with Gasteiger partial charge in [0.1, 0.15) is 0 Å². The second-order valence-corrected chi connectivity index (χ2v) is 4.89. The van der Waals surface area contributed by atoms with Gasteiger partial charge in [-0.25, -0.2) is 0 Å². The summed E-state index contributed by atoms with van der Waals surface area (Å²) in [6.07, 6.45) is -3.88. The van der Waals surface area contributed by atoms with E-state index in [1.165, 1.54) is 43.4 Å². The van der Waals surface area contributed by atoms with E-state index in [4.69, 9.17) is 0 Å². The highest BCUT2D eigenvalue weighted by Gasteiger charge is 2.33. The van der Waals surface area contributed by atoms with Gasteiger partial charge < -0.3 is 5.32 Å². The summed E-state index contributed by atoms with van der Waals surface area (Å²) in [6, 6.07) is 10.4. The molecule has 0 aliphatic carbocycles. The molecule has 0 heterocycles. The van der Waals surface area contributed by atoms with Gasteiger partial charge in [-0.15, -0.1) is 0 Å². The van der Waals surface area contributed by atoms with E-state index in [1.807, 2.05) is 6.92 Å². The van der Waals surface area contributed by atoms with Crippen LogP contribution in [0.2, 0.25) is 0 Å². The molecule has 2 aromatic rings. The number of hydrogen-bond donors (Lipinski definition) is 1. The van der Waals surface area contributed by atoms with Crippen LogP contribution in [0.3, 0.4) is 0 Å². The molecule has 0 aliphatic rings. The van der Waals surface area contributed by atoms with E-state index in [-0.39, 0.29) is 11.5 Å². The molecular formula is C17H16F3NO. The largest absolute Gasteiger partial charge is 0.417 e. The minimum Gasteiger partial charge on any atom is -0.355 e. The molecule has 2 aromatic carbocycles. The predicted molar refractivity (Wildman–Crippen MR) is 79.6 cm³/mol. The van der Waals surface area contributed by atoms with Crippen molar-refractivity contribution in [3.05, 3.63) is 59.2 Å². The third-order valence-corrected chi connectivity index (χ3v) is 3.48. The van der Waals surface area contributed by atoms with Gasteiger partial charge in [-0.05, 0) is 41.3 Å². The molecule has 2 rings (SSSR count). The quantitative estimate of drug-likeness (QED) is 0.900. The van der Waals surface area contributed by atoms with Crippen LogP contribution in [0.15, 0.2) is 42.5 Å². The molecule has 0 aliphatic heterocycles.